The summed E-state index contributed by atoms with van der Waals surface area (Å²) < 4.78 is 5.36. The van der Waals surface area contributed by atoms with Crippen LogP contribution in [0.2, 0.25) is 10.0 Å². The van der Waals surface area contributed by atoms with Crippen molar-refractivity contribution in [3.8, 4) is 5.82 Å². The summed E-state index contributed by atoms with van der Waals surface area (Å²) in [5.74, 6) is 0.402. The first-order chi connectivity index (χ1) is 13.0. The van der Waals surface area contributed by atoms with Crippen LogP contribution in [-0.2, 0) is 22.4 Å². The van der Waals surface area contributed by atoms with E-state index in [-0.39, 0.29) is 24.7 Å². The van der Waals surface area contributed by atoms with Crippen LogP contribution >= 0.6 is 23.2 Å². The molecule has 0 aromatic carbocycles. The summed E-state index contributed by atoms with van der Waals surface area (Å²) in [6.07, 6.45) is 8.00. The number of Topliss-reactive ketones (excluding diaryl/α,β-unsaturated/α-hetero) is 1. The van der Waals surface area contributed by atoms with Gasteiger partial charge in [0.2, 0.25) is 0 Å². The van der Waals surface area contributed by atoms with Crippen molar-refractivity contribution in [3.05, 3.63) is 63.8 Å². The van der Waals surface area contributed by atoms with Crippen LogP contribution in [0.3, 0.4) is 0 Å². The summed E-state index contributed by atoms with van der Waals surface area (Å²) in [6.45, 7) is 1.88. The molecule has 0 aliphatic carbocycles. The Balaban J connectivity index is 1.75. The van der Waals surface area contributed by atoms with E-state index < -0.39 is 0 Å². The van der Waals surface area contributed by atoms with E-state index in [1.807, 2.05) is 6.92 Å². The second kappa shape index (κ2) is 8.56. The van der Waals surface area contributed by atoms with Crippen molar-refractivity contribution in [2.45, 2.75) is 25.9 Å². The molecule has 0 bridgehead atoms. The molecule has 0 amide bonds. The van der Waals surface area contributed by atoms with Gasteiger partial charge in [0.15, 0.2) is 5.82 Å². The van der Waals surface area contributed by atoms with Gasteiger partial charge in [-0.1, -0.05) is 23.2 Å². The molecule has 140 valence electrons. The van der Waals surface area contributed by atoms with Gasteiger partial charge in [0, 0.05) is 44.1 Å². The molecule has 3 heterocycles. The highest BCUT2D eigenvalue weighted by atomic mass is 35.5. The molecule has 0 aliphatic rings. The molecule has 9 heteroatoms. The number of halogens is 2. The molecule has 3 aromatic rings. The number of hydrogen-bond acceptors (Lipinski definition) is 6. The Hall–Kier alpha value is -2.35. The highest BCUT2D eigenvalue weighted by Crippen LogP contribution is 2.28. The van der Waals surface area contributed by atoms with E-state index in [0.29, 0.717) is 21.4 Å². The Bertz CT molecular complexity index is 947. The molecule has 0 saturated carbocycles. The van der Waals surface area contributed by atoms with Gasteiger partial charge in [-0.2, -0.15) is 10.2 Å². The lowest BCUT2D eigenvalue weighted by Gasteiger charge is -2.16. The summed E-state index contributed by atoms with van der Waals surface area (Å²) in [5.41, 5.74) is 2.23. The fourth-order valence-corrected chi connectivity index (χ4v) is 3.34. The zero-order chi connectivity index (χ0) is 19.4. The van der Waals surface area contributed by atoms with E-state index in [0.717, 1.165) is 11.1 Å². The molecule has 27 heavy (non-hydrogen) atoms. The van der Waals surface area contributed by atoms with E-state index in [1.165, 1.54) is 17.2 Å². The van der Waals surface area contributed by atoms with Gasteiger partial charge >= 0.3 is 0 Å². The number of ketones is 1. The molecule has 0 aliphatic heterocycles. The molecule has 3 aromatic heterocycles. The first-order valence-electron chi connectivity index (χ1n) is 8.17. The standard InChI is InChI=1S/C18H17Cl2N5O2/c1-11(27-2)17-13(9-21-10-16(17)20)7-14(26)5-12-6-15(19)18(22-8-12)25-23-3-4-24-25/h3-4,6,8-11H,5,7H2,1-2H3. The third-order valence-corrected chi connectivity index (χ3v) is 4.64. The third kappa shape index (κ3) is 4.50. The predicted octanol–water partition coefficient (Wildman–Crippen LogP) is 3.43. The topological polar surface area (TPSA) is 82.8 Å². The molecule has 7 nitrogen and oxygen atoms in total. The first kappa shape index (κ1) is 19.4. The smallest absolute Gasteiger partial charge is 0.193 e. The Kier molecular flexibility index (Phi) is 6.15. The van der Waals surface area contributed by atoms with E-state index in [9.17, 15) is 4.79 Å². The van der Waals surface area contributed by atoms with Gasteiger partial charge in [-0.25, -0.2) is 4.98 Å². The molecule has 3 rings (SSSR count). The van der Waals surface area contributed by atoms with E-state index in [1.54, 1.807) is 31.8 Å². The lowest BCUT2D eigenvalue weighted by molar-refractivity contribution is -0.117. The number of rotatable bonds is 7. The number of carbonyl (C=O) groups is 1. The highest BCUT2D eigenvalue weighted by Gasteiger charge is 2.18. The average molecular weight is 406 g/mol. The van der Waals surface area contributed by atoms with Crippen LogP contribution in [0.25, 0.3) is 5.82 Å². The van der Waals surface area contributed by atoms with E-state index >= 15 is 0 Å². The number of aromatic nitrogens is 5. The minimum absolute atomic E-state index is 0.00792. The van der Waals surface area contributed by atoms with Crippen LogP contribution in [0.4, 0.5) is 0 Å². The van der Waals surface area contributed by atoms with Gasteiger partial charge in [-0.3, -0.25) is 9.78 Å². The summed E-state index contributed by atoms with van der Waals surface area (Å²) in [4.78, 5) is 22.2. The average Bonchev–Trinajstić information content (AvgIpc) is 3.15. The van der Waals surface area contributed by atoms with Gasteiger partial charge in [-0.05, 0) is 24.1 Å². The van der Waals surface area contributed by atoms with Crippen molar-refractivity contribution in [3.63, 3.8) is 0 Å². The molecular weight excluding hydrogens is 389 g/mol. The predicted molar refractivity (Wildman–Crippen MR) is 101 cm³/mol. The summed E-state index contributed by atoms with van der Waals surface area (Å²) in [7, 11) is 1.59. The molecule has 1 atom stereocenters. The molecular formula is C18H17Cl2N5O2. The monoisotopic (exact) mass is 405 g/mol. The Morgan fingerprint density at radius 2 is 1.89 bits per heavy atom. The molecule has 1 unspecified atom stereocenters. The van der Waals surface area contributed by atoms with Crippen molar-refractivity contribution >= 4 is 29.0 Å². The quantitative estimate of drug-likeness (QED) is 0.598. The number of pyridine rings is 2. The zero-order valence-electron chi connectivity index (χ0n) is 14.8. The fraction of sp³-hybridized carbons (Fsp3) is 0.278. The summed E-state index contributed by atoms with van der Waals surface area (Å²) >= 11 is 12.5. The molecule has 0 radical (unpaired) electrons. The van der Waals surface area contributed by atoms with Gasteiger partial charge in [-0.15, -0.1) is 4.80 Å². The van der Waals surface area contributed by atoms with Crippen molar-refractivity contribution in [2.24, 2.45) is 0 Å². The maximum absolute atomic E-state index is 12.6. The normalized spacial score (nSPS) is 12.1. The fourth-order valence-electron chi connectivity index (χ4n) is 2.74. The SMILES string of the molecule is COC(C)c1c(Cl)cncc1CC(=O)Cc1cnc(-n2nccn2)c(Cl)c1. The second-order valence-corrected chi connectivity index (χ2v) is 6.75. The minimum Gasteiger partial charge on any atom is -0.377 e. The summed E-state index contributed by atoms with van der Waals surface area (Å²) in [6, 6.07) is 1.69. The zero-order valence-corrected chi connectivity index (χ0v) is 16.3. The second-order valence-electron chi connectivity index (χ2n) is 5.93. The summed E-state index contributed by atoms with van der Waals surface area (Å²) in [5, 5.41) is 8.85. The molecule has 0 N–H and O–H groups in total. The number of nitrogens with zero attached hydrogens (tertiary/aromatic N) is 5. The number of hydrogen-bond donors (Lipinski definition) is 0. The molecule has 0 saturated heterocycles. The van der Waals surface area contributed by atoms with Crippen molar-refractivity contribution in [1.82, 2.24) is 25.0 Å². The van der Waals surface area contributed by atoms with Gasteiger partial charge < -0.3 is 4.74 Å². The lowest BCUT2D eigenvalue weighted by atomic mass is 9.98. The Labute approximate surface area is 166 Å². The highest BCUT2D eigenvalue weighted by molar-refractivity contribution is 6.32. The van der Waals surface area contributed by atoms with Gasteiger partial charge in [0.05, 0.1) is 28.5 Å². The van der Waals surface area contributed by atoms with Crippen LogP contribution in [-0.4, -0.2) is 37.9 Å². The number of methoxy groups -OCH3 is 1. The first-order valence-corrected chi connectivity index (χ1v) is 8.93. The van der Waals surface area contributed by atoms with Crippen molar-refractivity contribution in [1.29, 1.82) is 0 Å². The van der Waals surface area contributed by atoms with Gasteiger partial charge in [0.1, 0.15) is 5.78 Å². The largest absolute Gasteiger partial charge is 0.377 e. The van der Waals surface area contributed by atoms with E-state index in [2.05, 4.69) is 20.2 Å². The van der Waals surface area contributed by atoms with E-state index in [4.69, 9.17) is 27.9 Å². The van der Waals surface area contributed by atoms with Crippen LogP contribution in [0.5, 0.6) is 0 Å². The molecule has 0 fully saturated rings. The maximum atomic E-state index is 12.6. The maximum Gasteiger partial charge on any atom is 0.193 e. The Morgan fingerprint density at radius 1 is 1.15 bits per heavy atom. The van der Waals surface area contributed by atoms with Crippen molar-refractivity contribution in [2.75, 3.05) is 7.11 Å². The van der Waals surface area contributed by atoms with Crippen LogP contribution in [0.1, 0.15) is 29.7 Å². The van der Waals surface area contributed by atoms with Crippen molar-refractivity contribution < 1.29 is 9.53 Å². The lowest BCUT2D eigenvalue weighted by Crippen LogP contribution is -2.12. The minimum atomic E-state index is -0.236. The van der Waals surface area contributed by atoms with Crippen LogP contribution < -0.4 is 0 Å². The van der Waals surface area contributed by atoms with Gasteiger partial charge in [0.25, 0.3) is 0 Å². The van der Waals surface area contributed by atoms with Crippen LogP contribution in [0, 0.1) is 0 Å². The van der Waals surface area contributed by atoms with Crippen LogP contribution in [0.15, 0.2) is 37.1 Å². The number of ether oxygens (including phenoxy) is 1. The Morgan fingerprint density at radius 3 is 2.56 bits per heavy atom. The molecule has 0 spiro atoms. The number of carbonyl (C=O) groups excluding carboxylic acids is 1. The third-order valence-electron chi connectivity index (χ3n) is 4.06.